The maximum atomic E-state index is 12.2. The summed E-state index contributed by atoms with van der Waals surface area (Å²) < 4.78 is 0. The molecule has 0 saturated heterocycles. The summed E-state index contributed by atoms with van der Waals surface area (Å²) in [5.41, 5.74) is 3.40. The Morgan fingerprint density at radius 1 is 1.05 bits per heavy atom. The summed E-state index contributed by atoms with van der Waals surface area (Å²) in [5, 5.41) is 0. The van der Waals surface area contributed by atoms with Gasteiger partial charge in [-0.3, -0.25) is 4.79 Å². The SMILES string of the molecule is CC(=O)[C@@]1(c2ccc(C)cc2)C[C@@H]1c1ccccc1. The van der Waals surface area contributed by atoms with Crippen LogP contribution in [0.25, 0.3) is 0 Å². The van der Waals surface area contributed by atoms with Gasteiger partial charge in [-0.2, -0.15) is 0 Å². The molecule has 0 aliphatic heterocycles. The summed E-state index contributed by atoms with van der Waals surface area (Å²) in [6.45, 7) is 3.80. The van der Waals surface area contributed by atoms with Crippen molar-refractivity contribution < 1.29 is 4.79 Å². The molecule has 2 aromatic rings. The largest absolute Gasteiger partial charge is 0.299 e. The monoisotopic (exact) mass is 250 g/mol. The Labute approximate surface area is 114 Å². The number of benzene rings is 2. The number of carbonyl (C=O) groups excluding carboxylic acids is 1. The molecule has 1 aliphatic rings. The average molecular weight is 250 g/mol. The highest BCUT2D eigenvalue weighted by molar-refractivity contribution is 5.93. The molecule has 0 N–H and O–H groups in total. The van der Waals surface area contributed by atoms with E-state index in [9.17, 15) is 4.79 Å². The maximum absolute atomic E-state index is 12.2. The summed E-state index contributed by atoms with van der Waals surface area (Å²) in [6.07, 6.45) is 0.940. The van der Waals surface area contributed by atoms with E-state index in [1.807, 2.05) is 18.2 Å². The minimum Gasteiger partial charge on any atom is -0.299 e. The molecular formula is C18H18O. The van der Waals surface area contributed by atoms with Crippen molar-refractivity contribution in [3.05, 3.63) is 71.3 Å². The lowest BCUT2D eigenvalue weighted by Crippen LogP contribution is -2.19. The molecule has 1 fully saturated rings. The Morgan fingerprint density at radius 2 is 1.68 bits per heavy atom. The molecular weight excluding hydrogens is 232 g/mol. The Balaban J connectivity index is 2.00. The molecule has 19 heavy (non-hydrogen) atoms. The maximum Gasteiger partial charge on any atom is 0.140 e. The Hall–Kier alpha value is -1.89. The first-order valence-electron chi connectivity index (χ1n) is 6.78. The molecule has 1 heteroatoms. The van der Waals surface area contributed by atoms with Crippen LogP contribution in [-0.4, -0.2) is 5.78 Å². The van der Waals surface area contributed by atoms with E-state index in [4.69, 9.17) is 0 Å². The lowest BCUT2D eigenvalue weighted by Gasteiger charge is -2.15. The number of hydrogen-bond acceptors (Lipinski definition) is 1. The van der Waals surface area contributed by atoms with Gasteiger partial charge in [-0.05, 0) is 31.4 Å². The molecule has 2 atom stereocenters. The lowest BCUT2D eigenvalue weighted by molar-refractivity contribution is -0.119. The van der Waals surface area contributed by atoms with Gasteiger partial charge in [-0.25, -0.2) is 0 Å². The average Bonchev–Trinajstić information content (AvgIpc) is 3.17. The molecule has 3 rings (SSSR count). The molecule has 2 aromatic carbocycles. The van der Waals surface area contributed by atoms with Gasteiger partial charge in [0.1, 0.15) is 5.78 Å². The van der Waals surface area contributed by atoms with E-state index in [1.54, 1.807) is 6.92 Å². The second-order valence-electron chi connectivity index (χ2n) is 5.56. The first-order chi connectivity index (χ1) is 9.14. The van der Waals surface area contributed by atoms with Crippen molar-refractivity contribution in [2.45, 2.75) is 31.6 Å². The van der Waals surface area contributed by atoms with Crippen LogP contribution >= 0.6 is 0 Å². The number of rotatable bonds is 3. The molecule has 0 bridgehead atoms. The van der Waals surface area contributed by atoms with Crippen molar-refractivity contribution in [1.29, 1.82) is 0 Å². The zero-order valence-electron chi connectivity index (χ0n) is 11.4. The van der Waals surface area contributed by atoms with Crippen LogP contribution in [0.15, 0.2) is 54.6 Å². The Bertz CT molecular complexity index is 597. The van der Waals surface area contributed by atoms with E-state index in [2.05, 4.69) is 43.3 Å². The molecule has 0 radical (unpaired) electrons. The van der Waals surface area contributed by atoms with Crippen molar-refractivity contribution in [3.8, 4) is 0 Å². The van der Waals surface area contributed by atoms with Gasteiger partial charge in [0.2, 0.25) is 0 Å². The second-order valence-corrected chi connectivity index (χ2v) is 5.56. The molecule has 0 heterocycles. The van der Waals surface area contributed by atoms with Crippen LogP contribution in [0.4, 0.5) is 0 Å². The van der Waals surface area contributed by atoms with Crippen LogP contribution in [-0.2, 0) is 10.2 Å². The van der Waals surface area contributed by atoms with Gasteiger partial charge in [-0.15, -0.1) is 0 Å². The number of carbonyl (C=O) groups is 1. The van der Waals surface area contributed by atoms with Gasteiger partial charge in [0.05, 0.1) is 5.41 Å². The zero-order chi connectivity index (χ0) is 13.5. The zero-order valence-corrected chi connectivity index (χ0v) is 11.4. The molecule has 1 nitrogen and oxygen atoms in total. The van der Waals surface area contributed by atoms with Crippen molar-refractivity contribution in [3.63, 3.8) is 0 Å². The Morgan fingerprint density at radius 3 is 2.26 bits per heavy atom. The molecule has 0 unspecified atom stereocenters. The van der Waals surface area contributed by atoms with E-state index in [-0.39, 0.29) is 11.2 Å². The van der Waals surface area contributed by atoms with Gasteiger partial charge in [0.15, 0.2) is 0 Å². The third-order valence-corrected chi connectivity index (χ3v) is 4.36. The third-order valence-electron chi connectivity index (χ3n) is 4.36. The van der Waals surface area contributed by atoms with E-state index in [0.29, 0.717) is 5.92 Å². The van der Waals surface area contributed by atoms with E-state index < -0.39 is 0 Å². The normalized spacial score (nSPS) is 25.1. The molecule has 0 amide bonds. The van der Waals surface area contributed by atoms with Crippen molar-refractivity contribution >= 4 is 5.78 Å². The van der Waals surface area contributed by atoms with Crippen LogP contribution in [0.5, 0.6) is 0 Å². The van der Waals surface area contributed by atoms with Gasteiger partial charge in [-0.1, -0.05) is 60.2 Å². The minimum absolute atomic E-state index is 0.283. The van der Waals surface area contributed by atoms with E-state index in [0.717, 1.165) is 6.42 Å². The van der Waals surface area contributed by atoms with Crippen LogP contribution < -0.4 is 0 Å². The van der Waals surface area contributed by atoms with Crippen LogP contribution in [0.3, 0.4) is 0 Å². The molecule has 1 saturated carbocycles. The van der Waals surface area contributed by atoms with Crippen molar-refractivity contribution in [2.75, 3.05) is 0 Å². The highest BCUT2D eigenvalue weighted by Crippen LogP contribution is 2.60. The topological polar surface area (TPSA) is 17.1 Å². The van der Waals surface area contributed by atoms with Crippen molar-refractivity contribution in [1.82, 2.24) is 0 Å². The number of hydrogen-bond donors (Lipinski definition) is 0. The summed E-state index contributed by atoms with van der Waals surface area (Å²) in [6, 6.07) is 18.8. The highest BCUT2D eigenvalue weighted by Gasteiger charge is 2.59. The first-order valence-corrected chi connectivity index (χ1v) is 6.78. The summed E-state index contributed by atoms with van der Waals surface area (Å²) in [5.74, 6) is 0.624. The van der Waals surface area contributed by atoms with Gasteiger partial charge in [0.25, 0.3) is 0 Å². The number of Topliss-reactive ketones (excluding diaryl/α,β-unsaturated/α-hetero) is 1. The smallest absolute Gasteiger partial charge is 0.140 e. The lowest BCUT2D eigenvalue weighted by atomic mass is 9.87. The van der Waals surface area contributed by atoms with Gasteiger partial charge >= 0.3 is 0 Å². The quantitative estimate of drug-likeness (QED) is 0.804. The van der Waals surface area contributed by atoms with Crippen LogP contribution in [0.2, 0.25) is 0 Å². The summed E-state index contributed by atoms with van der Waals surface area (Å²) >= 11 is 0. The fourth-order valence-electron chi connectivity index (χ4n) is 3.11. The fourth-order valence-corrected chi connectivity index (χ4v) is 3.11. The third kappa shape index (κ3) is 1.90. The molecule has 1 aliphatic carbocycles. The number of aryl methyl sites for hydroxylation is 1. The van der Waals surface area contributed by atoms with E-state index >= 15 is 0 Å². The predicted molar refractivity (Wildman–Crippen MR) is 77.3 cm³/mol. The molecule has 0 aromatic heterocycles. The fraction of sp³-hybridized carbons (Fsp3) is 0.278. The van der Waals surface area contributed by atoms with E-state index in [1.165, 1.54) is 16.7 Å². The Kier molecular flexibility index (Phi) is 2.78. The van der Waals surface area contributed by atoms with Gasteiger partial charge in [0, 0.05) is 5.92 Å². The summed E-state index contributed by atoms with van der Waals surface area (Å²) in [7, 11) is 0. The standard InChI is InChI=1S/C18H18O/c1-13-8-10-16(11-9-13)18(14(2)19)12-17(18)15-6-4-3-5-7-15/h3-11,17H,12H2,1-2H3/t17-,18-/m1/s1. The highest BCUT2D eigenvalue weighted by atomic mass is 16.1. The molecule has 96 valence electrons. The predicted octanol–water partition coefficient (Wildman–Crippen LogP) is 4.01. The molecule has 0 spiro atoms. The minimum atomic E-state index is -0.283. The first kappa shape index (κ1) is 12.2. The number of ketones is 1. The summed E-state index contributed by atoms with van der Waals surface area (Å²) in [4.78, 5) is 12.2. The second kappa shape index (κ2) is 4.34. The van der Waals surface area contributed by atoms with Gasteiger partial charge < -0.3 is 0 Å². The van der Waals surface area contributed by atoms with Crippen LogP contribution in [0, 0.1) is 6.92 Å². The van der Waals surface area contributed by atoms with Crippen molar-refractivity contribution in [2.24, 2.45) is 0 Å². The van der Waals surface area contributed by atoms with Crippen LogP contribution in [0.1, 0.15) is 36.0 Å².